The summed E-state index contributed by atoms with van der Waals surface area (Å²) in [5.41, 5.74) is 1.39. The third-order valence-corrected chi connectivity index (χ3v) is 7.70. The lowest BCUT2D eigenvalue weighted by atomic mass is 9.96. The van der Waals surface area contributed by atoms with Crippen molar-refractivity contribution in [2.24, 2.45) is 4.99 Å². The molecule has 1 fully saturated rings. The summed E-state index contributed by atoms with van der Waals surface area (Å²) in [7, 11) is 3.71. The monoisotopic (exact) mass is 536 g/mol. The number of ether oxygens (including phenoxy) is 2. The number of benzene rings is 1. The maximum atomic E-state index is 13.8. The van der Waals surface area contributed by atoms with Gasteiger partial charge in [-0.25, -0.2) is 9.79 Å². The van der Waals surface area contributed by atoms with Crippen LogP contribution in [0.25, 0.3) is 6.08 Å². The fourth-order valence-electron chi connectivity index (χ4n) is 4.71. The first-order chi connectivity index (χ1) is 18.2. The quantitative estimate of drug-likeness (QED) is 0.448. The van der Waals surface area contributed by atoms with Gasteiger partial charge in [-0.15, -0.1) is 0 Å². The van der Waals surface area contributed by atoms with Crippen LogP contribution in [0.5, 0.6) is 5.75 Å². The molecule has 0 saturated carbocycles. The van der Waals surface area contributed by atoms with Crippen molar-refractivity contribution in [3.8, 4) is 5.75 Å². The van der Waals surface area contributed by atoms with Crippen molar-refractivity contribution in [1.82, 2.24) is 9.47 Å². The van der Waals surface area contributed by atoms with Gasteiger partial charge in [-0.1, -0.05) is 23.5 Å². The summed E-state index contributed by atoms with van der Waals surface area (Å²) in [6, 6.07) is 10.5. The third-order valence-electron chi connectivity index (χ3n) is 6.72. The second-order valence-corrected chi connectivity index (χ2v) is 10.8. The number of hydrogen-bond acceptors (Lipinski definition) is 9. The number of hydrogen-bond donors (Lipinski definition) is 0. The number of allylic oxidation sites excluding steroid dienone is 1. The van der Waals surface area contributed by atoms with Crippen LogP contribution in [-0.4, -0.2) is 61.9 Å². The van der Waals surface area contributed by atoms with Gasteiger partial charge in [0.25, 0.3) is 5.56 Å². The van der Waals surface area contributed by atoms with Gasteiger partial charge in [0.05, 0.1) is 35.1 Å². The van der Waals surface area contributed by atoms with E-state index in [0.29, 0.717) is 32.1 Å². The molecule has 9 nitrogen and oxygen atoms in total. The number of thiazole rings is 1. The Morgan fingerprint density at radius 1 is 1.13 bits per heavy atom. The molecule has 10 heteroatoms. The zero-order valence-electron chi connectivity index (χ0n) is 22.3. The number of anilines is 1. The van der Waals surface area contributed by atoms with Crippen LogP contribution in [0.2, 0.25) is 0 Å². The molecule has 4 heterocycles. The van der Waals surface area contributed by atoms with Gasteiger partial charge >= 0.3 is 5.97 Å². The first kappa shape index (κ1) is 26.0. The van der Waals surface area contributed by atoms with Crippen molar-refractivity contribution < 1.29 is 18.7 Å². The van der Waals surface area contributed by atoms with Gasteiger partial charge in [0.15, 0.2) is 10.7 Å². The molecule has 0 spiro atoms. The largest absolute Gasteiger partial charge is 0.497 e. The zero-order valence-corrected chi connectivity index (χ0v) is 23.1. The Kier molecular flexibility index (Phi) is 7.27. The molecule has 5 rings (SSSR count). The number of methoxy groups -OCH3 is 1. The summed E-state index contributed by atoms with van der Waals surface area (Å²) in [5.74, 6) is 1.59. The molecule has 1 atom stereocenters. The SMILES string of the molecule is COc1ccc([C@H]2C(C(=O)OC(C)C)=C(C)N=c3sc(=Cc4ccc(N5CCN(C)CC5)o4)c(=O)n32)cc1. The van der Waals surface area contributed by atoms with Crippen molar-refractivity contribution in [1.29, 1.82) is 0 Å². The second kappa shape index (κ2) is 10.6. The highest BCUT2D eigenvalue weighted by molar-refractivity contribution is 7.07. The molecule has 1 saturated heterocycles. The minimum absolute atomic E-state index is 0.241. The van der Waals surface area contributed by atoms with Crippen molar-refractivity contribution in [2.45, 2.75) is 32.9 Å². The number of piperazine rings is 1. The van der Waals surface area contributed by atoms with E-state index in [0.717, 1.165) is 37.6 Å². The predicted molar refractivity (Wildman–Crippen MR) is 146 cm³/mol. The van der Waals surface area contributed by atoms with Crippen molar-refractivity contribution in [3.05, 3.63) is 78.7 Å². The highest BCUT2D eigenvalue weighted by Crippen LogP contribution is 2.32. The van der Waals surface area contributed by atoms with Crippen molar-refractivity contribution >= 4 is 29.3 Å². The number of carbonyl (C=O) groups is 1. The molecule has 1 aromatic carbocycles. The first-order valence-corrected chi connectivity index (χ1v) is 13.5. The molecule has 2 aliphatic heterocycles. The summed E-state index contributed by atoms with van der Waals surface area (Å²) >= 11 is 1.28. The number of likely N-dealkylation sites (N-methyl/N-ethyl adjacent to an activating group) is 1. The first-order valence-electron chi connectivity index (χ1n) is 12.7. The molecule has 3 aromatic rings. The van der Waals surface area contributed by atoms with E-state index in [1.165, 1.54) is 11.3 Å². The number of carbonyl (C=O) groups excluding carboxylic acids is 1. The number of fused-ring (bicyclic) bond motifs is 1. The molecule has 0 unspecified atom stereocenters. The average Bonchev–Trinajstić information content (AvgIpc) is 3.47. The fraction of sp³-hybridized carbons (Fsp3) is 0.393. The number of rotatable bonds is 6. The van der Waals surface area contributed by atoms with Gasteiger partial charge in [-0.2, -0.15) is 0 Å². The van der Waals surface area contributed by atoms with Gasteiger partial charge in [-0.05, 0) is 51.6 Å². The number of aromatic nitrogens is 1. The summed E-state index contributed by atoms with van der Waals surface area (Å²) in [5, 5.41) is 0. The van der Waals surface area contributed by atoms with Crippen LogP contribution >= 0.6 is 11.3 Å². The van der Waals surface area contributed by atoms with Gasteiger partial charge in [0.2, 0.25) is 0 Å². The van der Waals surface area contributed by atoms with Crippen molar-refractivity contribution in [3.63, 3.8) is 0 Å². The smallest absolute Gasteiger partial charge is 0.338 e. The van der Waals surface area contributed by atoms with E-state index < -0.39 is 12.0 Å². The maximum absolute atomic E-state index is 13.8. The molecular formula is C28H32N4O5S. The van der Waals surface area contributed by atoms with Crippen LogP contribution in [0.15, 0.2) is 61.9 Å². The van der Waals surface area contributed by atoms with Crippen LogP contribution in [0.4, 0.5) is 5.88 Å². The second-order valence-electron chi connectivity index (χ2n) is 9.78. The topological polar surface area (TPSA) is 89.5 Å². The van der Waals surface area contributed by atoms with Gasteiger partial charge in [0.1, 0.15) is 11.5 Å². The summed E-state index contributed by atoms with van der Waals surface area (Å²) in [6.07, 6.45) is 1.44. The van der Waals surface area contributed by atoms with Gasteiger partial charge < -0.3 is 23.7 Å². The van der Waals surface area contributed by atoms with Crippen LogP contribution in [0.3, 0.4) is 0 Å². The van der Waals surface area contributed by atoms with Crippen molar-refractivity contribution in [2.75, 3.05) is 45.2 Å². The standard InChI is InChI=1S/C28H32N4O5S/c1-17(2)36-27(34)24-18(3)29-28-32(25(24)19-6-8-20(35-5)9-7-19)26(33)22(38-28)16-21-10-11-23(37-21)31-14-12-30(4)13-15-31/h6-11,16-17,25H,12-15H2,1-5H3/t25-/m0/s1. The summed E-state index contributed by atoms with van der Waals surface area (Å²) in [4.78, 5) is 36.7. The van der Waals surface area contributed by atoms with E-state index in [-0.39, 0.29) is 11.7 Å². The van der Waals surface area contributed by atoms with E-state index in [4.69, 9.17) is 13.9 Å². The van der Waals surface area contributed by atoms with Gasteiger partial charge in [-0.3, -0.25) is 9.36 Å². The molecule has 0 N–H and O–H groups in total. The zero-order chi connectivity index (χ0) is 27.0. The highest BCUT2D eigenvalue weighted by atomic mass is 32.1. The summed E-state index contributed by atoms with van der Waals surface area (Å²) < 4.78 is 19.0. The average molecular weight is 537 g/mol. The molecule has 38 heavy (non-hydrogen) atoms. The Balaban J connectivity index is 1.57. The Labute approximate surface area is 224 Å². The van der Waals surface area contributed by atoms with Crippen LogP contribution in [0.1, 0.15) is 38.1 Å². The van der Waals surface area contributed by atoms with E-state index in [2.05, 4.69) is 21.8 Å². The molecule has 2 aromatic heterocycles. The molecular weight excluding hydrogens is 504 g/mol. The lowest BCUT2D eigenvalue weighted by molar-refractivity contribution is -0.143. The number of esters is 1. The number of nitrogens with zero attached hydrogens (tertiary/aromatic N) is 4. The Hall–Kier alpha value is -3.63. The molecule has 2 aliphatic rings. The van der Waals surface area contributed by atoms with E-state index in [1.54, 1.807) is 38.5 Å². The molecule has 0 amide bonds. The molecule has 0 bridgehead atoms. The fourth-order valence-corrected chi connectivity index (χ4v) is 5.73. The van der Waals surface area contributed by atoms with Crippen LogP contribution in [-0.2, 0) is 9.53 Å². The maximum Gasteiger partial charge on any atom is 0.338 e. The van der Waals surface area contributed by atoms with E-state index in [1.807, 2.05) is 36.4 Å². The number of furan rings is 1. The van der Waals surface area contributed by atoms with Crippen LogP contribution < -0.4 is 24.5 Å². The summed E-state index contributed by atoms with van der Waals surface area (Å²) in [6.45, 7) is 9.10. The van der Waals surface area contributed by atoms with E-state index in [9.17, 15) is 9.59 Å². The molecule has 0 aliphatic carbocycles. The Morgan fingerprint density at radius 2 is 1.84 bits per heavy atom. The normalized spacial score (nSPS) is 18.5. The Morgan fingerprint density at radius 3 is 2.50 bits per heavy atom. The lowest BCUT2D eigenvalue weighted by Crippen LogP contribution is -2.44. The minimum atomic E-state index is -0.678. The Bertz CT molecular complexity index is 1540. The molecule has 0 radical (unpaired) electrons. The lowest BCUT2D eigenvalue weighted by Gasteiger charge is -2.32. The minimum Gasteiger partial charge on any atom is -0.497 e. The van der Waals surface area contributed by atoms with E-state index >= 15 is 0 Å². The highest BCUT2D eigenvalue weighted by Gasteiger charge is 2.34. The predicted octanol–water partition coefficient (Wildman–Crippen LogP) is 2.54. The van der Waals surface area contributed by atoms with Crippen LogP contribution in [0, 0.1) is 0 Å². The molecule has 200 valence electrons. The van der Waals surface area contributed by atoms with Gasteiger partial charge in [0, 0.05) is 38.3 Å². The third kappa shape index (κ3) is 5.06.